The predicted molar refractivity (Wildman–Crippen MR) is 90.9 cm³/mol. The largest absolute Gasteiger partial charge is 0.310 e. The molecule has 1 aromatic carbocycles. The van der Waals surface area contributed by atoms with Crippen LogP contribution in [0, 0.1) is 5.82 Å². The van der Waals surface area contributed by atoms with E-state index in [0.29, 0.717) is 0 Å². The standard InChI is InChI=1S/C15H16Br2FNS/c1-2-6-19-14(9-15-12(16)5-7-20-15)11-4-3-10(18)8-13(11)17/h3-5,7-8,14,19H,2,6,9H2,1H3. The molecule has 1 nitrogen and oxygen atoms in total. The van der Waals surface area contributed by atoms with Crippen LogP contribution >= 0.6 is 43.2 Å². The molecule has 0 saturated carbocycles. The molecule has 0 fully saturated rings. The van der Waals surface area contributed by atoms with Crippen molar-refractivity contribution in [3.05, 3.63) is 54.8 Å². The highest BCUT2D eigenvalue weighted by Crippen LogP contribution is 2.31. The van der Waals surface area contributed by atoms with Crippen LogP contribution in [0.4, 0.5) is 4.39 Å². The molecule has 0 amide bonds. The van der Waals surface area contributed by atoms with Crippen molar-refractivity contribution in [2.75, 3.05) is 6.54 Å². The third kappa shape index (κ3) is 4.13. The Bertz CT molecular complexity index is 571. The van der Waals surface area contributed by atoms with Gasteiger partial charge in [0.15, 0.2) is 0 Å². The van der Waals surface area contributed by atoms with Crippen LogP contribution in [0.25, 0.3) is 0 Å². The Hall–Kier alpha value is -0.230. The molecule has 1 atom stereocenters. The van der Waals surface area contributed by atoms with E-state index in [1.54, 1.807) is 11.3 Å². The van der Waals surface area contributed by atoms with Gasteiger partial charge in [0.25, 0.3) is 0 Å². The van der Waals surface area contributed by atoms with Crippen LogP contribution in [0.1, 0.15) is 29.8 Å². The average Bonchev–Trinajstić information content (AvgIpc) is 2.80. The molecule has 108 valence electrons. The molecule has 1 N–H and O–H groups in total. The highest BCUT2D eigenvalue weighted by molar-refractivity contribution is 9.10. The van der Waals surface area contributed by atoms with Gasteiger partial charge in [-0.25, -0.2) is 4.39 Å². The summed E-state index contributed by atoms with van der Waals surface area (Å²) < 4.78 is 15.2. The summed E-state index contributed by atoms with van der Waals surface area (Å²) in [6.07, 6.45) is 1.96. The zero-order chi connectivity index (χ0) is 14.5. The van der Waals surface area contributed by atoms with E-state index < -0.39 is 0 Å². The van der Waals surface area contributed by atoms with Gasteiger partial charge in [-0.1, -0.05) is 28.9 Å². The van der Waals surface area contributed by atoms with Gasteiger partial charge in [-0.05, 0) is 58.0 Å². The molecule has 5 heteroatoms. The maximum absolute atomic E-state index is 13.2. The van der Waals surface area contributed by atoms with Crippen molar-refractivity contribution in [1.29, 1.82) is 0 Å². The first-order chi connectivity index (χ1) is 9.61. The smallest absolute Gasteiger partial charge is 0.124 e. The minimum absolute atomic E-state index is 0.180. The second-order valence-electron chi connectivity index (χ2n) is 4.57. The van der Waals surface area contributed by atoms with Gasteiger partial charge in [0.1, 0.15) is 5.82 Å². The Morgan fingerprint density at radius 1 is 1.25 bits per heavy atom. The van der Waals surface area contributed by atoms with E-state index >= 15 is 0 Å². The third-order valence-electron chi connectivity index (χ3n) is 3.06. The molecule has 2 aromatic rings. The second-order valence-corrected chi connectivity index (χ2v) is 7.28. The molecule has 1 heterocycles. The minimum atomic E-state index is -0.216. The van der Waals surface area contributed by atoms with Gasteiger partial charge in [-0.15, -0.1) is 11.3 Å². The van der Waals surface area contributed by atoms with E-state index in [1.807, 2.05) is 6.07 Å². The molecule has 0 spiro atoms. The van der Waals surface area contributed by atoms with E-state index in [1.165, 1.54) is 17.0 Å². The van der Waals surface area contributed by atoms with Gasteiger partial charge < -0.3 is 5.32 Å². The first-order valence-corrected chi connectivity index (χ1v) is 8.98. The Labute approximate surface area is 139 Å². The molecule has 0 saturated heterocycles. The van der Waals surface area contributed by atoms with Crippen LogP contribution in [0.5, 0.6) is 0 Å². The van der Waals surface area contributed by atoms with Crippen LogP contribution in [0.15, 0.2) is 38.6 Å². The Kier molecular flexibility index (Phi) is 6.20. The summed E-state index contributed by atoms with van der Waals surface area (Å²) in [6.45, 7) is 3.09. The monoisotopic (exact) mass is 419 g/mol. The average molecular weight is 421 g/mol. The highest BCUT2D eigenvalue weighted by atomic mass is 79.9. The number of hydrogen-bond donors (Lipinski definition) is 1. The number of rotatable bonds is 6. The summed E-state index contributed by atoms with van der Waals surface area (Å²) in [5.41, 5.74) is 1.10. The van der Waals surface area contributed by atoms with Gasteiger partial charge in [0, 0.05) is 26.3 Å². The first kappa shape index (κ1) is 16.1. The SMILES string of the molecule is CCCNC(Cc1sccc1Br)c1ccc(F)cc1Br. The van der Waals surface area contributed by atoms with Crippen molar-refractivity contribution in [3.63, 3.8) is 0 Å². The van der Waals surface area contributed by atoms with Gasteiger partial charge in [0.05, 0.1) is 0 Å². The van der Waals surface area contributed by atoms with Crippen LogP contribution in [-0.4, -0.2) is 6.54 Å². The molecule has 0 radical (unpaired) electrons. The van der Waals surface area contributed by atoms with E-state index in [0.717, 1.165) is 33.9 Å². The van der Waals surface area contributed by atoms with Gasteiger partial charge in [-0.3, -0.25) is 0 Å². The molecule has 0 aliphatic carbocycles. The lowest BCUT2D eigenvalue weighted by molar-refractivity contribution is 0.528. The Balaban J connectivity index is 2.24. The van der Waals surface area contributed by atoms with Crippen molar-refractivity contribution >= 4 is 43.2 Å². The molecule has 20 heavy (non-hydrogen) atoms. The fourth-order valence-electron chi connectivity index (χ4n) is 2.05. The molecule has 0 aliphatic rings. The van der Waals surface area contributed by atoms with E-state index in [4.69, 9.17) is 0 Å². The van der Waals surface area contributed by atoms with Gasteiger partial charge in [-0.2, -0.15) is 0 Å². The van der Waals surface area contributed by atoms with Gasteiger partial charge in [0.2, 0.25) is 0 Å². The zero-order valence-corrected chi connectivity index (χ0v) is 15.1. The van der Waals surface area contributed by atoms with E-state index in [2.05, 4.69) is 55.5 Å². The molecule has 0 bridgehead atoms. The molecule has 2 rings (SSSR count). The number of benzene rings is 1. The van der Waals surface area contributed by atoms with Crippen molar-refractivity contribution in [2.45, 2.75) is 25.8 Å². The topological polar surface area (TPSA) is 12.0 Å². The number of nitrogens with one attached hydrogen (secondary N) is 1. The van der Waals surface area contributed by atoms with Gasteiger partial charge >= 0.3 is 0 Å². The summed E-state index contributed by atoms with van der Waals surface area (Å²) in [7, 11) is 0. The lowest BCUT2D eigenvalue weighted by Gasteiger charge is -2.20. The van der Waals surface area contributed by atoms with Crippen LogP contribution in [0.2, 0.25) is 0 Å². The van der Waals surface area contributed by atoms with Crippen molar-refractivity contribution < 1.29 is 4.39 Å². The Morgan fingerprint density at radius 3 is 2.65 bits per heavy atom. The maximum atomic E-state index is 13.2. The summed E-state index contributed by atoms with van der Waals surface area (Å²) >= 11 is 8.79. The van der Waals surface area contributed by atoms with Crippen molar-refractivity contribution in [2.24, 2.45) is 0 Å². The fourth-order valence-corrected chi connectivity index (χ4v) is 4.24. The number of hydrogen-bond acceptors (Lipinski definition) is 2. The van der Waals surface area contributed by atoms with Crippen molar-refractivity contribution in [1.82, 2.24) is 5.32 Å². The number of thiophene rings is 1. The molecular weight excluding hydrogens is 405 g/mol. The van der Waals surface area contributed by atoms with Crippen LogP contribution in [0.3, 0.4) is 0 Å². The molecule has 1 aromatic heterocycles. The predicted octanol–water partition coefficient (Wildman–Crippen LogP) is 5.70. The lowest BCUT2D eigenvalue weighted by atomic mass is 10.0. The van der Waals surface area contributed by atoms with E-state index in [9.17, 15) is 4.39 Å². The minimum Gasteiger partial charge on any atom is -0.310 e. The van der Waals surface area contributed by atoms with Crippen LogP contribution in [-0.2, 0) is 6.42 Å². The lowest BCUT2D eigenvalue weighted by Crippen LogP contribution is -2.24. The van der Waals surface area contributed by atoms with Crippen LogP contribution < -0.4 is 5.32 Å². The second kappa shape index (κ2) is 7.69. The molecule has 0 aliphatic heterocycles. The normalized spacial score (nSPS) is 12.6. The molecule has 1 unspecified atom stereocenters. The highest BCUT2D eigenvalue weighted by Gasteiger charge is 2.17. The number of halogens is 3. The quantitative estimate of drug-likeness (QED) is 0.632. The Morgan fingerprint density at radius 2 is 2.05 bits per heavy atom. The fraction of sp³-hybridized carbons (Fsp3) is 0.333. The molecular formula is C15H16Br2FNS. The first-order valence-electron chi connectivity index (χ1n) is 6.52. The summed E-state index contributed by atoms with van der Waals surface area (Å²) in [6, 6.07) is 7.15. The van der Waals surface area contributed by atoms with Crippen molar-refractivity contribution in [3.8, 4) is 0 Å². The zero-order valence-electron chi connectivity index (χ0n) is 11.1. The summed E-state index contributed by atoms with van der Waals surface area (Å²) in [5.74, 6) is -0.216. The van der Waals surface area contributed by atoms with E-state index in [-0.39, 0.29) is 11.9 Å². The maximum Gasteiger partial charge on any atom is 0.124 e. The summed E-state index contributed by atoms with van der Waals surface area (Å²) in [4.78, 5) is 1.30. The third-order valence-corrected chi connectivity index (χ3v) is 5.69. The summed E-state index contributed by atoms with van der Waals surface area (Å²) in [5, 5.41) is 5.62.